The van der Waals surface area contributed by atoms with Crippen LogP contribution in [-0.2, 0) is 15.6 Å². The van der Waals surface area contributed by atoms with Crippen LogP contribution in [0.2, 0.25) is 0 Å². The third kappa shape index (κ3) is 1.74. The quantitative estimate of drug-likeness (QED) is 0.523. The molecule has 0 N–H and O–H groups in total. The molecule has 0 spiro atoms. The molecule has 5 nitrogen and oxygen atoms in total. The number of hydrogen-bond donors (Lipinski definition) is 0. The van der Waals surface area contributed by atoms with Gasteiger partial charge in [-0.3, -0.25) is 0 Å². The molecular weight excluding hydrogens is 178 g/mol. The number of carbonyl (C=O) groups is 1. The van der Waals surface area contributed by atoms with E-state index >= 15 is 0 Å². The molecule has 66 valence electrons. The Morgan fingerprint density at radius 1 is 1.83 bits per heavy atom. The predicted octanol–water partition coefficient (Wildman–Crippen LogP) is 0.656. The fraction of sp³-hybridized carbons (Fsp3) is 0.667. The zero-order valence-corrected chi connectivity index (χ0v) is 7.50. The van der Waals surface area contributed by atoms with Crippen LogP contribution in [0.3, 0.4) is 0 Å². The molecule has 1 aliphatic heterocycles. The van der Waals surface area contributed by atoms with Crippen molar-refractivity contribution in [3.63, 3.8) is 0 Å². The molecule has 1 amide bonds. The first-order valence-electron chi connectivity index (χ1n) is 3.46. The van der Waals surface area contributed by atoms with E-state index in [0.29, 0.717) is 6.54 Å². The van der Waals surface area contributed by atoms with Gasteiger partial charge in [-0.2, -0.15) is 5.26 Å². The van der Waals surface area contributed by atoms with Gasteiger partial charge in [0.2, 0.25) is 6.19 Å². The molecule has 0 saturated carbocycles. The Kier molecular flexibility index (Phi) is 3.05. The second kappa shape index (κ2) is 4.07. The summed E-state index contributed by atoms with van der Waals surface area (Å²) in [6.45, 7) is 0.640. The van der Waals surface area contributed by atoms with Gasteiger partial charge in [0.15, 0.2) is 0 Å². The van der Waals surface area contributed by atoms with E-state index in [2.05, 4.69) is 9.10 Å². The van der Waals surface area contributed by atoms with E-state index in [1.807, 2.05) is 0 Å². The lowest BCUT2D eigenvalue weighted by Crippen LogP contribution is -2.28. The minimum atomic E-state index is -0.572. The maximum Gasteiger partial charge on any atom is 0.420 e. The minimum Gasteiger partial charge on any atom is -0.452 e. The topological polar surface area (TPSA) is 65.7 Å². The van der Waals surface area contributed by atoms with Crippen LogP contribution in [-0.4, -0.2) is 29.8 Å². The van der Waals surface area contributed by atoms with Gasteiger partial charge in [0.1, 0.15) is 0 Å². The molecule has 0 bridgehead atoms. The van der Waals surface area contributed by atoms with Crippen LogP contribution < -0.4 is 0 Å². The van der Waals surface area contributed by atoms with Crippen molar-refractivity contribution in [3.8, 4) is 6.19 Å². The van der Waals surface area contributed by atoms with Crippen molar-refractivity contribution in [1.82, 2.24) is 4.31 Å². The van der Waals surface area contributed by atoms with Crippen LogP contribution in [0.15, 0.2) is 4.36 Å². The molecule has 1 heterocycles. The van der Waals surface area contributed by atoms with Gasteiger partial charge in [-0.1, -0.05) is 0 Å². The summed E-state index contributed by atoms with van der Waals surface area (Å²) < 4.78 is 9.66. The van der Waals surface area contributed by atoms with Crippen LogP contribution in [0.25, 0.3) is 0 Å². The molecule has 0 radical (unpaired) electrons. The van der Waals surface area contributed by atoms with Crippen LogP contribution >= 0.6 is 0 Å². The Morgan fingerprint density at radius 2 is 2.58 bits per heavy atom. The molecule has 1 unspecified atom stereocenters. The number of rotatable bonds is 0. The molecule has 0 aromatic carbocycles. The number of carbonyl (C=O) groups excluding carboxylic acids is 1. The summed E-state index contributed by atoms with van der Waals surface area (Å²) >= 11 is 0. The van der Waals surface area contributed by atoms with Crippen molar-refractivity contribution < 1.29 is 9.53 Å². The summed E-state index contributed by atoms with van der Waals surface area (Å²) in [5, 5.41) is 8.31. The van der Waals surface area contributed by atoms with E-state index in [1.165, 1.54) is 11.4 Å². The first-order chi connectivity index (χ1) is 5.79. The van der Waals surface area contributed by atoms with Gasteiger partial charge in [-0.25, -0.2) is 9.10 Å². The van der Waals surface area contributed by atoms with Crippen molar-refractivity contribution in [2.24, 2.45) is 4.36 Å². The Hall–Kier alpha value is -1.09. The molecule has 0 aliphatic carbocycles. The first kappa shape index (κ1) is 9.00. The van der Waals surface area contributed by atoms with Gasteiger partial charge >= 0.3 is 6.09 Å². The molecule has 0 aromatic heterocycles. The average molecular weight is 187 g/mol. The number of methoxy groups -OCH3 is 1. The monoisotopic (exact) mass is 187 g/mol. The second-order valence-corrected chi connectivity index (χ2v) is 3.87. The number of amides is 1. The molecule has 0 aromatic rings. The summed E-state index contributed by atoms with van der Waals surface area (Å²) in [4.78, 5) is 11.0. The van der Waals surface area contributed by atoms with E-state index in [-0.39, 0.29) is 0 Å². The second-order valence-electron chi connectivity index (χ2n) is 2.16. The van der Waals surface area contributed by atoms with Gasteiger partial charge in [0.25, 0.3) is 0 Å². The Balaban J connectivity index is 2.72. The van der Waals surface area contributed by atoms with Crippen LogP contribution in [0.1, 0.15) is 6.42 Å². The van der Waals surface area contributed by atoms with Crippen LogP contribution in [0.5, 0.6) is 0 Å². The van der Waals surface area contributed by atoms with Gasteiger partial charge in [-0.15, -0.1) is 4.36 Å². The number of ether oxygens (including phenoxy) is 1. The third-order valence-electron chi connectivity index (χ3n) is 1.47. The highest BCUT2D eigenvalue weighted by Gasteiger charge is 2.24. The molecule has 1 atom stereocenters. The lowest BCUT2D eigenvalue weighted by atomic mass is 10.5. The Morgan fingerprint density at radius 3 is 3.17 bits per heavy atom. The van der Waals surface area contributed by atoms with Crippen molar-refractivity contribution in [3.05, 3.63) is 0 Å². The lowest BCUT2D eigenvalue weighted by molar-refractivity contribution is 0.153. The molecule has 1 saturated heterocycles. The SMILES string of the molecule is COC(=O)N1CCC/S1=N\C#N. The normalized spacial score (nSPS) is 22.3. The van der Waals surface area contributed by atoms with Crippen molar-refractivity contribution in [1.29, 1.82) is 5.26 Å². The Bertz CT molecular complexity index is 258. The Labute approximate surface area is 73.1 Å². The predicted molar refractivity (Wildman–Crippen MR) is 44.0 cm³/mol. The first-order valence-corrected chi connectivity index (χ1v) is 4.77. The third-order valence-corrected chi connectivity index (χ3v) is 3.25. The number of nitriles is 1. The number of nitrogens with zero attached hydrogens (tertiary/aromatic N) is 3. The van der Waals surface area contributed by atoms with Gasteiger partial charge in [0.05, 0.1) is 7.11 Å². The largest absolute Gasteiger partial charge is 0.452 e. The average Bonchev–Trinajstić information content (AvgIpc) is 2.52. The zero-order valence-electron chi connectivity index (χ0n) is 6.69. The maximum absolute atomic E-state index is 11.0. The summed E-state index contributed by atoms with van der Waals surface area (Å²) in [7, 11) is 0.756. The van der Waals surface area contributed by atoms with Gasteiger partial charge in [0, 0.05) is 23.2 Å². The summed E-state index contributed by atoms with van der Waals surface area (Å²) in [6, 6.07) is 0. The van der Waals surface area contributed by atoms with E-state index in [1.54, 1.807) is 6.19 Å². The van der Waals surface area contributed by atoms with E-state index in [9.17, 15) is 4.79 Å². The highest BCUT2D eigenvalue weighted by Crippen LogP contribution is 2.12. The standard InChI is InChI=1S/C6H9N3O2S/c1-11-6(10)9-3-2-4-12(9)8-5-7/h2-4H2,1H3. The van der Waals surface area contributed by atoms with E-state index in [0.717, 1.165) is 12.2 Å². The van der Waals surface area contributed by atoms with Crippen molar-refractivity contribution in [2.75, 3.05) is 19.4 Å². The highest BCUT2D eigenvalue weighted by molar-refractivity contribution is 7.85. The summed E-state index contributed by atoms with van der Waals surface area (Å²) in [6.07, 6.45) is 2.21. The molecule has 1 fully saturated rings. The minimum absolute atomic E-state index is 0.394. The molecule has 1 rings (SSSR count). The summed E-state index contributed by atoms with van der Waals surface area (Å²) in [5.41, 5.74) is 0. The van der Waals surface area contributed by atoms with Gasteiger partial charge < -0.3 is 4.74 Å². The van der Waals surface area contributed by atoms with E-state index in [4.69, 9.17) is 5.26 Å². The lowest BCUT2D eigenvalue weighted by Gasteiger charge is -2.13. The van der Waals surface area contributed by atoms with Crippen LogP contribution in [0, 0.1) is 11.5 Å². The number of hydrogen-bond acceptors (Lipinski definition) is 4. The van der Waals surface area contributed by atoms with Gasteiger partial charge in [-0.05, 0) is 6.42 Å². The molecule has 1 aliphatic rings. The van der Waals surface area contributed by atoms with Crippen molar-refractivity contribution in [2.45, 2.75) is 6.42 Å². The summed E-state index contributed by atoms with van der Waals surface area (Å²) in [5.74, 6) is 0.780. The maximum atomic E-state index is 11.0. The van der Waals surface area contributed by atoms with Crippen LogP contribution in [0.4, 0.5) is 4.79 Å². The molecule has 6 heteroatoms. The molecular formula is C6H9N3O2S. The fourth-order valence-corrected chi connectivity index (χ4v) is 2.45. The van der Waals surface area contributed by atoms with E-state index < -0.39 is 17.0 Å². The smallest absolute Gasteiger partial charge is 0.420 e. The molecule has 12 heavy (non-hydrogen) atoms. The zero-order chi connectivity index (χ0) is 8.97. The highest BCUT2D eigenvalue weighted by atomic mass is 32.2. The van der Waals surface area contributed by atoms with Crippen molar-refractivity contribution >= 4 is 17.0 Å². The fourth-order valence-electron chi connectivity index (χ4n) is 0.974.